The van der Waals surface area contributed by atoms with Gasteiger partial charge < -0.3 is 19.9 Å². The number of nitrogens with zero attached hydrogens (tertiary/aromatic N) is 3. The Kier molecular flexibility index (Phi) is 3.79. The second kappa shape index (κ2) is 6.20. The molecule has 1 saturated carbocycles. The fourth-order valence-corrected chi connectivity index (χ4v) is 4.70. The fraction of sp³-hybridized carbons (Fsp3) is 0.450. The van der Waals surface area contributed by atoms with E-state index in [9.17, 15) is 0 Å². The molecule has 3 aliphatic rings. The van der Waals surface area contributed by atoms with E-state index in [1.54, 1.807) is 19.5 Å². The number of fused-ring (bicyclic) bond motifs is 4. The molecule has 2 aliphatic heterocycles. The number of methoxy groups -OCH3 is 1. The summed E-state index contributed by atoms with van der Waals surface area (Å²) in [5.74, 6) is 1.02. The summed E-state index contributed by atoms with van der Waals surface area (Å²) in [6, 6.07) is 6.42. The number of rotatable bonds is 2. The zero-order chi connectivity index (χ0) is 18.4. The Bertz CT molecular complexity index is 888. The molecule has 1 aromatic heterocycles. The van der Waals surface area contributed by atoms with Crippen molar-refractivity contribution in [3.05, 3.63) is 42.5 Å². The van der Waals surface area contributed by atoms with Crippen molar-refractivity contribution < 1.29 is 14.2 Å². The van der Waals surface area contributed by atoms with Crippen LogP contribution in [0, 0.1) is 5.92 Å². The Morgan fingerprint density at radius 1 is 1.19 bits per heavy atom. The minimum Gasteiger partial charge on any atom is -0.490 e. The van der Waals surface area contributed by atoms with E-state index in [0.717, 1.165) is 41.7 Å². The highest BCUT2D eigenvalue weighted by Gasteiger charge is 2.55. The maximum absolute atomic E-state index is 6.39. The van der Waals surface area contributed by atoms with Gasteiger partial charge in [-0.3, -0.25) is 0 Å². The van der Waals surface area contributed by atoms with Crippen molar-refractivity contribution >= 4 is 6.02 Å². The fourth-order valence-electron chi connectivity index (χ4n) is 4.70. The average Bonchev–Trinajstić information content (AvgIpc) is 3.11. The van der Waals surface area contributed by atoms with Gasteiger partial charge in [0, 0.05) is 36.5 Å². The van der Waals surface area contributed by atoms with Gasteiger partial charge in [0.2, 0.25) is 0 Å². The normalized spacial score (nSPS) is 31.4. The van der Waals surface area contributed by atoms with Gasteiger partial charge in [0.1, 0.15) is 30.3 Å². The van der Waals surface area contributed by atoms with Gasteiger partial charge in [0.15, 0.2) is 0 Å². The Morgan fingerprint density at radius 3 is 2.78 bits per heavy atom. The van der Waals surface area contributed by atoms with Crippen molar-refractivity contribution in [1.29, 1.82) is 0 Å². The zero-order valence-corrected chi connectivity index (χ0v) is 15.2. The number of amidine groups is 1. The lowest BCUT2D eigenvalue weighted by molar-refractivity contribution is -0.0490. The highest BCUT2D eigenvalue weighted by molar-refractivity contribution is 5.75. The molecule has 0 bridgehead atoms. The van der Waals surface area contributed by atoms with Gasteiger partial charge in [-0.2, -0.15) is 0 Å². The zero-order valence-electron chi connectivity index (χ0n) is 15.2. The molecule has 7 heteroatoms. The standard InChI is InChI=1S/C20H22N4O3/c1-25-14-3-5-18-16(7-14)20(10-26-19(21)24-20)15-6-12(2-4-17(15)27-18)13-8-22-11-23-9-13/h2,4,6,8-9,11,14,16,18H,3,5,7,10H2,1H3,(H2,21,24)/t14-,16-,18-,20?/m0/s1. The predicted molar refractivity (Wildman–Crippen MR) is 99.3 cm³/mol. The van der Waals surface area contributed by atoms with Crippen molar-refractivity contribution in [3.8, 4) is 16.9 Å². The molecule has 7 nitrogen and oxygen atoms in total. The molecule has 1 aliphatic carbocycles. The SMILES string of the molecule is CO[C@H]1CC[C@@H]2Oc3ccc(-c4cncnc4)cc3C3(COC(N)=N3)[C@H]2C1. The number of aromatic nitrogens is 2. The molecule has 1 fully saturated rings. The molecule has 140 valence electrons. The molecule has 5 rings (SSSR count). The molecule has 0 amide bonds. The van der Waals surface area contributed by atoms with Crippen LogP contribution in [0.4, 0.5) is 0 Å². The van der Waals surface area contributed by atoms with Crippen LogP contribution in [0.15, 0.2) is 41.9 Å². The Morgan fingerprint density at radius 2 is 2.04 bits per heavy atom. The monoisotopic (exact) mass is 366 g/mol. The van der Waals surface area contributed by atoms with Gasteiger partial charge in [0.25, 0.3) is 6.02 Å². The third-order valence-electron chi connectivity index (χ3n) is 6.05. The van der Waals surface area contributed by atoms with E-state index in [-0.39, 0.29) is 24.1 Å². The number of ether oxygens (including phenoxy) is 3. The first kappa shape index (κ1) is 16.5. The maximum atomic E-state index is 6.39. The lowest BCUT2D eigenvalue weighted by Crippen LogP contribution is -2.52. The van der Waals surface area contributed by atoms with E-state index in [1.807, 2.05) is 12.1 Å². The summed E-state index contributed by atoms with van der Waals surface area (Å²) in [6.45, 7) is 0.432. The lowest BCUT2D eigenvalue weighted by atomic mass is 9.67. The minimum absolute atomic E-state index is 0.0908. The average molecular weight is 366 g/mol. The van der Waals surface area contributed by atoms with Crippen LogP contribution >= 0.6 is 0 Å². The summed E-state index contributed by atoms with van der Waals surface area (Å²) < 4.78 is 17.7. The van der Waals surface area contributed by atoms with Crippen LogP contribution in [0.2, 0.25) is 0 Å². The highest BCUT2D eigenvalue weighted by Crippen LogP contribution is 2.53. The van der Waals surface area contributed by atoms with E-state index < -0.39 is 5.54 Å². The molecule has 1 aromatic carbocycles. The van der Waals surface area contributed by atoms with E-state index >= 15 is 0 Å². The van der Waals surface area contributed by atoms with Crippen LogP contribution in [-0.2, 0) is 15.0 Å². The van der Waals surface area contributed by atoms with Gasteiger partial charge in [0.05, 0.1) is 6.10 Å². The molecule has 1 unspecified atom stereocenters. The quantitative estimate of drug-likeness (QED) is 0.876. The Labute approximate surface area is 157 Å². The van der Waals surface area contributed by atoms with Crippen molar-refractivity contribution in [2.24, 2.45) is 16.6 Å². The van der Waals surface area contributed by atoms with E-state index in [0.29, 0.717) is 6.61 Å². The van der Waals surface area contributed by atoms with Crippen LogP contribution in [0.5, 0.6) is 5.75 Å². The largest absolute Gasteiger partial charge is 0.490 e. The summed E-state index contributed by atoms with van der Waals surface area (Å²) in [6.07, 6.45) is 8.23. The van der Waals surface area contributed by atoms with Gasteiger partial charge in [-0.05, 0) is 37.0 Å². The maximum Gasteiger partial charge on any atom is 0.283 e. The van der Waals surface area contributed by atoms with E-state index in [1.165, 1.54) is 6.33 Å². The molecule has 1 spiro atoms. The first-order chi connectivity index (χ1) is 13.2. The molecular weight excluding hydrogens is 344 g/mol. The van der Waals surface area contributed by atoms with Gasteiger partial charge in [-0.25, -0.2) is 15.0 Å². The number of nitrogens with two attached hydrogens (primary N) is 1. The van der Waals surface area contributed by atoms with Crippen LogP contribution in [-0.4, -0.2) is 41.9 Å². The number of benzene rings is 1. The summed E-state index contributed by atoms with van der Waals surface area (Å²) >= 11 is 0. The first-order valence-corrected chi connectivity index (χ1v) is 9.27. The summed E-state index contributed by atoms with van der Waals surface area (Å²) in [7, 11) is 1.77. The van der Waals surface area contributed by atoms with Crippen LogP contribution in [0.1, 0.15) is 24.8 Å². The molecular formula is C20H22N4O3. The van der Waals surface area contributed by atoms with Crippen molar-refractivity contribution in [2.45, 2.75) is 37.0 Å². The van der Waals surface area contributed by atoms with Crippen molar-refractivity contribution in [3.63, 3.8) is 0 Å². The molecule has 4 atom stereocenters. The van der Waals surface area contributed by atoms with E-state index in [4.69, 9.17) is 24.9 Å². The molecule has 27 heavy (non-hydrogen) atoms. The minimum atomic E-state index is -0.537. The summed E-state index contributed by atoms with van der Waals surface area (Å²) in [5, 5.41) is 0. The lowest BCUT2D eigenvalue weighted by Gasteiger charge is -2.47. The number of hydrogen-bond donors (Lipinski definition) is 1. The van der Waals surface area contributed by atoms with Crippen LogP contribution in [0.3, 0.4) is 0 Å². The van der Waals surface area contributed by atoms with Gasteiger partial charge >= 0.3 is 0 Å². The first-order valence-electron chi connectivity index (χ1n) is 9.27. The smallest absolute Gasteiger partial charge is 0.283 e. The molecule has 3 heterocycles. The third-order valence-corrected chi connectivity index (χ3v) is 6.05. The Balaban J connectivity index is 1.64. The van der Waals surface area contributed by atoms with E-state index in [2.05, 4.69) is 16.0 Å². The van der Waals surface area contributed by atoms with Crippen molar-refractivity contribution in [1.82, 2.24) is 9.97 Å². The number of aliphatic imine (C=N–C) groups is 1. The summed E-state index contributed by atoms with van der Waals surface area (Å²) in [4.78, 5) is 13.1. The third kappa shape index (κ3) is 2.56. The molecule has 2 N–H and O–H groups in total. The second-order valence-corrected chi connectivity index (χ2v) is 7.43. The predicted octanol–water partition coefficient (Wildman–Crippen LogP) is 2.26. The van der Waals surface area contributed by atoms with Crippen LogP contribution in [0.25, 0.3) is 11.1 Å². The molecule has 2 aromatic rings. The highest BCUT2D eigenvalue weighted by atomic mass is 16.5. The van der Waals surface area contributed by atoms with Crippen molar-refractivity contribution in [2.75, 3.05) is 13.7 Å². The molecule has 0 saturated heterocycles. The number of hydrogen-bond acceptors (Lipinski definition) is 7. The second-order valence-electron chi connectivity index (χ2n) is 7.43. The molecule has 0 radical (unpaired) electrons. The van der Waals surface area contributed by atoms with Gasteiger partial charge in [-0.1, -0.05) is 6.07 Å². The van der Waals surface area contributed by atoms with Gasteiger partial charge in [-0.15, -0.1) is 0 Å². The van der Waals surface area contributed by atoms with Crippen LogP contribution < -0.4 is 10.5 Å². The topological polar surface area (TPSA) is 91.8 Å². The Hall–Kier alpha value is -2.67. The summed E-state index contributed by atoms with van der Waals surface area (Å²) in [5.41, 5.74) is 8.43.